The van der Waals surface area contributed by atoms with Crippen LogP contribution in [0.2, 0.25) is 0 Å². The fraction of sp³-hybridized carbons (Fsp3) is 0.962. The van der Waals surface area contributed by atoms with Crippen molar-refractivity contribution in [2.45, 2.75) is 452 Å². The predicted octanol–water partition coefficient (Wildman–Crippen LogP) is 13.2. The minimum absolute atomic E-state index is 0.250. The van der Waals surface area contributed by atoms with E-state index in [0.717, 1.165) is 44.9 Å². The summed E-state index contributed by atoms with van der Waals surface area (Å²) in [4.78, 5) is 13.5. The first-order valence-electron chi connectivity index (χ1n) is 40.4. The lowest BCUT2D eigenvalue weighted by atomic mass is 9.96. The summed E-state index contributed by atoms with van der Waals surface area (Å²) in [7, 11) is 0. The van der Waals surface area contributed by atoms with Crippen LogP contribution in [0.15, 0.2) is 12.2 Å². The van der Waals surface area contributed by atoms with E-state index in [9.17, 15) is 61.0 Å². The van der Waals surface area contributed by atoms with E-state index in [4.69, 9.17) is 28.4 Å². The van der Waals surface area contributed by atoms with Gasteiger partial charge in [-0.05, 0) is 19.3 Å². The number of allylic oxidation sites excluding steroid dienone is 1. The van der Waals surface area contributed by atoms with E-state index in [1.165, 1.54) is 276 Å². The maximum atomic E-state index is 13.5. The highest BCUT2D eigenvalue weighted by molar-refractivity contribution is 5.76. The molecule has 17 atom stereocenters. The van der Waals surface area contributed by atoms with Gasteiger partial charge >= 0.3 is 0 Å². The van der Waals surface area contributed by atoms with Gasteiger partial charge in [0.25, 0.3) is 0 Å². The SMILES string of the molecule is CCCCCCCCCCCCCCCCCCCCC/C=C/C(O)C(COC1OC(CO)C(OC2OC(CO)C(OC3OC(CO)C(O)C(O)C3O)C(O)C2O)C(O)C1O)NC(=O)CCCCCCCCCCCCCCCCCCCCCCCCCCCCCCCCC. The Bertz CT molecular complexity index is 1800. The Kier molecular flexibility index (Phi) is 55.4. The van der Waals surface area contributed by atoms with Crippen LogP contribution in [0.25, 0.3) is 0 Å². The second-order valence-corrected chi connectivity index (χ2v) is 29.2. The van der Waals surface area contributed by atoms with Crippen molar-refractivity contribution in [2.75, 3.05) is 26.4 Å². The van der Waals surface area contributed by atoms with Crippen LogP contribution in [0.4, 0.5) is 0 Å². The van der Waals surface area contributed by atoms with E-state index in [1.54, 1.807) is 6.08 Å². The Morgan fingerprint density at radius 3 is 0.969 bits per heavy atom. The number of nitrogens with one attached hydrogen (secondary N) is 1. The number of amides is 1. The molecule has 3 aliphatic rings. The smallest absolute Gasteiger partial charge is 0.220 e. The highest BCUT2D eigenvalue weighted by Gasteiger charge is 2.54. The molecule has 574 valence electrons. The van der Waals surface area contributed by atoms with Crippen molar-refractivity contribution in [3.05, 3.63) is 12.2 Å². The van der Waals surface area contributed by atoms with Crippen LogP contribution in [-0.4, -0.2) is 193 Å². The number of hydrogen-bond donors (Lipinski definition) is 12. The topological polar surface area (TPSA) is 307 Å². The summed E-state index contributed by atoms with van der Waals surface area (Å²) in [6, 6.07) is -0.970. The normalized spacial score (nSPS) is 26.9. The van der Waals surface area contributed by atoms with Crippen LogP contribution < -0.4 is 5.32 Å². The van der Waals surface area contributed by atoms with Gasteiger partial charge in [-0.15, -0.1) is 0 Å². The Balaban J connectivity index is 1.36. The van der Waals surface area contributed by atoms with Gasteiger partial charge in [0, 0.05) is 6.42 Å². The second kappa shape index (κ2) is 59.9. The van der Waals surface area contributed by atoms with E-state index in [0.29, 0.717) is 6.42 Å². The Morgan fingerprint density at radius 1 is 0.361 bits per heavy atom. The molecule has 3 aliphatic heterocycles. The van der Waals surface area contributed by atoms with E-state index in [-0.39, 0.29) is 18.9 Å². The number of ether oxygens (including phenoxy) is 6. The molecule has 0 aromatic carbocycles. The average Bonchev–Trinajstić information content (AvgIpc) is 0.788. The van der Waals surface area contributed by atoms with E-state index >= 15 is 0 Å². The van der Waals surface area contributed by atoms with Crippen LogP contribution in [-0.2, 0) is 33.2 Å². The first kappa shape index (κ1) is 89.7. The molecule has 12 N–H and O–H groups in total. The lowest BCUT2D eigenvalue weighted by molar-refractivity contribution is -0.379. The van der Waals surface area contributed by atoms with Crippen LogP contribution >= 0.6 is 0 Å². The summed E-state index contributed by atoms with van der Waals surface area (Å²) in [5, 5.41) is 121. The van der Waals surface area contributed by atoms with Crippen LogP contribution in [0.1, 0.15) is 348 Å². The number of aliphatic hydroxyl groups excluding tert-OH is 11. The molecular weight excluding hydrogens is 1240 g/mol. The summed E-state index contributed by atoms with van der Waals surface area (Å²) in [5.74, 6) is -0.266. The highest BCUT2D eigenvalue weighted by atomic mass is 16.8. The monoisotopic (exact) mass is 1390 g/mol. The van der Waals surface area contributed by atoms with Gasteiger partial charge in [-0.2, -0.15) is 0 Å². The third-order valence-corrected chi connectivity index (χ3v) is 20.6. The zero-order valence-corrected chi connectivity index (χ0v) is 61.3. The van der Waals surface area contributed by atoms with Crippen molar-refractivity contribution >= 4 is 5.91 Å². The first-order valence-corrected chi connectivity index (χ1v) is 40.4. The van der Waals surface area contributed by atoms with Crippen LogP contribution in [0.5, 0.6) is 0 Å². The molecule has 3 rings (SSSR count). The van der Waals surface area contributed by atoms with E-state index in [2.05, 4.69) is 19.2 Å². The molecule has 0 bridgehead atoms. The molecule has 0 aliphatic carbocycles. The van der Waals surface area contributed by atoms with Gasteiger partial charge in [0.05, 0.1) is 38.6 Å². The Hall–Kier alpha value is -1.47. The molecule has 17 unspecified atom stereocenters. The summed E-state index contributed by atoms with van der Waals surface area (Å²) < 4.78 is 34.5. The lowest BCUT2D eigenvalue weighted by Gasteiger charge is -2.48. The fourth-order valence-corrected chi connectivity index (χ4v) is 14.1. The summed E-state index contributed by atoms with van der Waals surface area (Å²) >= 11 is 0. The standard InChI is InChI=1S/C78H149NO18/c1-3-5-7-9-11-13-15-17-19-21-23-25-26-27-28-29-30-31-32-33-34-36-38-40-42-44-46-48-50-52-54-56-66(84)79-61(62(83)55-53-51-49-47-45-43-41-39-37-35-24-22-20-18-16-14-12-10-8-6-4-2)60-92-76-72(90)69(87)74(64(58-81)94-76)97-78-73(91)70(88)75(65(59-82)95-78)96-77-71(89)68(86)67(85)63(57-80)93-77/h53,55,61-65,67-78,80-83,85-91H,3-52,54,56-60H2,1-2H3,(H,79,84)/b55-53+. The molecule has 97 heavy (non-hydrogen) atoms. The number of hydrogen-bond acceptors (Lipinski definition) is 18. The van der Waals surface area contributed by atoms with Crippen molar-refractivity contribution < 1.29 is 89.4 Å². The van der Waals surface area contributed by atoms with E-state index < -0.39 is 124 Å². The largest absolute Gasteiger partial charge is 0.394 e. The number of aliphatic hydroxyl groups is 11. The van der Waals surface area contributed by atoms with Crippen molar-refractivity contribution in [3.63, 3.8) is 0 Å². The van der Waals surface area contributed by atoms with Crippen molar-refractivity contribution in [3.8, 4) is 0 Å². The average molecular weight is 1390 g/mol. The Labute approximate surface area is 588 Å². The third kappa shape index (κ3) is 40.4. The summed E-state index contributed by atoms with van der Waals surface area (Å²) in [6.45, 7) is 1.80. The highest BCUT2D eigenvalue weighted by Crippen LogP contribution is 2.33. The van der Waals surface area contributed by atoms with Gasteiger partial charge < -0.3 is 89.9 Å². The van der Waals surface area contributed by atoms with Gasteiger partial charge in [0.2, 0.25) is 5.91 Å². The van der Waals surface area contributed by atoms with Gasteiger partial charge in [0.1, 0.15) is 73.2 Å². The number of rotatable bonds is 65. The van der Waals surface area contributed by atoms with Crippen molar-refractivity contribution in [1.82, 2.24) is 5.32 Å². The zero-order chi connectivity index (χ0) is 70.4. The predicted molar refractivity (Wildman–Crippen MR) is 383 cm³/mol. The number of carbonyl (C=O) groups excluding carboxylic acids is 1. The first-order chi connectivity index (χ1) is 47.3. The van der Waals surface area contributed by atoms with Gasteiger partial charge in [0.15, 0.2) is 18.9 Å². The molecule has 1 amide bonds. The van der Waals surface area contributed by atoms with Gasteiger partial charge in [-0.3, -0.25) is 4.79 Å². The van der Waals surface area contributed by atoms with Crippen LogP contribution in [0.3, 0.4) is 0 Å². The van der Waals surface area contributed by atoms with E-state index in [1.807, 2.05) is 6.08 Å². The minimum Gasteiger partial charge on any atom is -0.394 e. The molecular formula is C78H149NO18. The third-order valence-electron chi connectivity index (χ3n) is 20.6. The molecule has 0 spiro atoms. The molecule has 3 heterocycles. The molecule has 0 saturated carbocycles. The lowest BCUT2D eigenvalue weighted by Crippen LogP contribution is -2.66. The van der Waals surface area contributed by atoms with Gasteiger partial charge in [-0.25, -0.2) is 0 Å². The Morgan fingerprint density at radius 2 is 0.639 bits per heavy atom. The summed E-state index contributed by atoms with van der Waals surface area (Å²) in [5.41, 5.74) is 0. The molecule has 19 nitrogen and oxygen atoms in total. The maximum absolute atomic E-state index is 13.5. The molecule has 19 heteroatoms. The van der Waals surface area contributed by atoms with Crippen molar-refractivity contribution in [1.29, 1.82) is 0 Å². The summed E-state index contributed by atoms with van der Waals surface area (Å²) in [6.07, 6.45) is 43.5. The molecule has 0 aromatic heterocycles. The van der Waals surface area contributed by atoms with Crippen molar-refractivity contribution in [2.24, 2.45) is 0 Å². The second-order valence-electron chi connectivity index (χ2n) is 29.2. The molecule has 0 radical (unpaired) electrons. The van der Waals surface area contributed by atoms with Crippen LogP contribution in [0, 0.1) is 0 Å². The molecule has 3 saturated heterocycles. The fourth-order valence-electron chi connectivity index (χ4n) is 14.1. The molecule has 0 aromatic rings. The number of carbonyl (C=O) groups is 1. The maximum Gasteiger partial charge on any atom is 0.220 e. The minimum atomic E-state index is -1.98. The molecule has 3 fully saturated rings. The quantitative estimate of drug-likeness (QED) is 0.0199. The van der Waals surface area contributed by atoms with Gasteiger partial charge in [-0.1, -0.05) is 334 Å². The number of unbranched alkanes of at least 4 members (excludes halogenated alkanes) is 49. The zero-order valence-electron chi connectivity index (χ0n) is 61.3.